The van der Waals surface area contributed by atoms with Crippen LogP contribution < -0.4 is 5.73 Å². The van der Waals surface area contributed by atoms with Crippen LogP contribution in [0.25, 0.3) is 10.7 Å². The summed E-state index contributed by atoms with van der Waals surface area (Å²) in [5, 5.41) is 8.91. The van der Waals surface area contributed by atoms with Crippen molar-refractivity contribution in [1.82, 2.24) is 15.2 Å². The first-order chi connectivity index (χ1) is 6.66. The van der Waals surface area contributed by atoms with E-state index in [1.54, 1.807) is 6.20 Å². The summed E-state index contributed by atoms with van der Waals surface area (Å²) in [6, 6.07) is 1.99. The van der Waals surface area contributed by atoms with Crippen molar-refractivity contribution in [2.24, 2.45) is 0 Å². The van der Waals surface area contributed by atoms with Gasteiger partial charge in [-0.05, 0) is 34.5 Å². The summed E-state index contributed by atoms with van der Waals surface area (Å²) >= 11 is 4.69. The van der Waals surface area contributed by atoms with E-state index in [1.165, 1.54) is 11.3 Å². The van der Waals surface area contributed by atoms with E-state index in [4.69, 9.17) is 5.73 Å². The second-order valence-electron chi connectivity index (χ2n) is 2.76. The lowest BCUT2D eigenvalue weighted by Crippen LogP contribution is -1.87. The van der Waals surface area contributed by atoms with Crippen molar-refractivity contribution < 1.29 is 0 Å². The summed E-state index contributed by atoms with van der Waals surface area (Å²) in [4.78, 5) is 4.27. The molecule has 0 saturated carbocycles. The molecule has 72 valence electrons. The maximum absolute atomic E-state index is 5.50. The van der Waals surface area contributed by atoms with Crippen molar-refractivity contribution in [2.75, 3.05) is 5.73 Å². The quantitative estimate of drug-likeness (QED) is 0.864. The molecule has 0 fully saturated rings. The third-order valence-electron chi connectivity index (χ3n) is 1.69. The predicted molar refractivity (Wildman–Crippen MR) is 60.0 cm³/mol. The van der Waals surface area contributed by atoms with Crippen LogP contribution in [0.3, 0.4) is 0 Å². The molecule has 0 spiro atoms. The van der Waals surface area contributed by atoms with Crippen molar-refractivity contribution in [3.8, 4) is 10.7 Å². The molecule has 0 bridgehead atoms. The Morgan fingerprint density at radius 3 is 2.79 bits per heavy atom. The Morgan fingerprint density at radius 2 is 2.21 bits per heavy atom. The zero-order chi connectivity index (χ0) is 10.1. The summed E-state index contributed by atoms with van der Waals surface area (Å²) in [5.74, 6) is 0. The fourth-order valence-electron chi connectivity index (χ4n) is 1.09. The van der Waals surface area contributed by atoms with Crippen molar-refractivity contribution in [3.05, 3.63) is 22.3 Å². The van der Waals surface area contributed by atoms with Gasteiger partial charge in [0.05, 0.1) is 0 Å². The smallest absolute Gasteiger partial charge is 0.203 e. The van der Waals surface area contributed by atoms with Gasteiger partial charge in [-0.2, -0.15) is 0 Å². The van der Waals surface area contributed by atoms with E-state index in [1.807, 2.05) is 13.0 Å². The molecule has 2 N–H and O–H groups in total. The van der Waals surface area contributed by atoms with Gasteiger partial charge in [-0.15, -0.1) is 10.2 Å². The summed E-state index contributed by atoms with van der Waals surface area (Å²) in [7, 11) is 0. The zero-order valence-electron chi connectivity index (χ0n) is 7.36. The van der Waals surface area contributed by atoms with Gasteiger partial charge in [0.1, 0.15) is 5.69 Å². The molecule has 4 nitrogen and oxygen atoms in total. The lowest BCUT2D eigenvalue weighted by molar-refractivity contribution is 1.09. The first-order valence-corrected chi connectivity index (χ1v) is 5.49. The summed E-state index contributed by atoms with van der Waals surface area (Å²) in [5.41, 5.74) is 7.39. The normalized spacial score (nSPS) is 10.4. The molecule has 0 radical (unpaired) electrons. The van der Waals surface area contributed by atoms with E-state index in [-0.39, 0.29) is 0 Å². The van der Waals surface area contributed by atoms with E-state index in [2.05, 4.69) is 31.1 Å². The van der Waals surface area contributed by atoms with Gasteiger partial charge in [-0.25, -0.2) is 0 Å². The molecule has 0 aliphatic heterocycles. The van der Waals surface area contributed by atoms with Crippen LogP contribution in [0.2, 0.25) is 0 Å². The third-order valence-corrected chi connectivity index (χ3v) is 2.88. The monoisotopic (exact) mass is 270 g/mol. The van der Waals surface area contributed by atoms with Crippen molar-refractivity contribution in [3.63, 3.8) is 0 Å². The Hall–Kier alpha value is -1.01. The lowest BCUT2D eigenvalue weighted by atomic mass is 10.2. The zero-order valence-corrected chi connectivity index (χ0v) is 9.76. The largest absolute Gasteiger partial charge is 0.374 e. The van der Waals surface area contributed by atoms with Crippen LogP contribution in [0.15, 0.2) is 16.7 Å². The molecule has 2 aromatic rings. The molecule has 0 atom stereocenters. The Morgan fingerprint density at radius 1 is 1.43 bits per heavy atom. The SMILES string of the molecule is Cc1cc(Br)cnc1-c1nnc(N)s1. The number of nitrogen functional groups attached to an aromatic ring is 1. The van der Waals surface area contributed by atoms with Crippen LogP contribution in [-0.4, -0.2) is 15.2 Å². The number of hydrogen-bond acceptors (Lipinski definition) is 5. The Labute approximate surface area is 93.3 Å². The van der Waals surface area contributed by atoms with Crippen LogP contribution in [0.5, 0.6) is 0 Å². The van der Waals surface area contributed by atoms with Crippen LogP contribution in [-0.2, 0) is 0 Å². The van der Waals surface area contributed by atoms with Gasteiger partial charge < -0.3 is 5.73 Å². The Balaban J connectivity index is 2.52. The van der Waals surface area contributed by atoms with Gasteiger partial charge in [0.25, 0.3) is 0 Å². The average Bonchev–Trinajstić information content (AvgIpc) is 2.51. The van der Waals surface area contributed by atoms with Crippen molar-refractivity contribution >= 4 is 32.4 Å². The number of aryl methyl sites for hydroxylation is 1. The first kappa shape index (κ1) is 9.54. The molecule has 2 rings (SSSR count). The maximum Gasteiger partial charge on any atom is 0.203 e. The third kappa shape index (κ3) is 1.76. The van der Waals surface area contributed by atoms with Gasteiger partial charge in [0.15, 0.2) is 5.01 Å². The van der Waals surface area contributed by atoms with Gasteiger partial charge in [-0.1, -0.05) is 11.3 Å². The van der Waals surface area contributed by atoms with E-state index in [9.17, 15) is 0 Å². The summed E-state index contributed by atoms with van der Waals surface area (Å²) in [6.45, 7) is 1.98. The minimum atomic E-state index is 0.462. The first-order valence-electron chi connectivity index (χ1n) is 3.88. The van der Waals surface area contributed by atoms with Crippen LogP contribution in [0.4, 0.5) is 5.13 Å². The van der Waals surface area contributed by atoms with E-state index in [0.29, 0.717) is 5.13 Å². The molecular weight excluding hydrogens is 264 g/mol. The number of halogens is 1. The van der Waals surface area contributed by atoms with Crippen LogP contribution >= 0.6 is 27.3 Å². The molecule has 14 heavy (non-hydrogen) atoms. The van der Waals surface area contributed by atoms with Gasteiger partial charge >= 0.3 is 0 Å². The molecule has 2 aromatic heterocycles. The standard InChI is InChI=1S/C8H7BrN4S/c1-4-2-5(9)3-11-6(4)7-12-13-8(10)14-7/h2-3H,1H3,(H2,10,13). The molecule has 0 aromatic carbocycles. The van der Waals surface area contributed by atoms with Crippen molar-refractivity contribution in [2.45, 2.75) is 6.92 Å². The van der Waals surface area contributed by atoms with Gasteiger partial charge in [-0.3, -0.25) is 4.98 Å². The molecule has 2 heterocycles. The number of pyridine rings is 1. The predicted octanol–water partition coefficient (Wildman–Crippen LogP) is 2.25. The van der Waals surface area contributed by atoms with Crippen LogP contribution in [0.1, 0.15) is 5.56 Å². The number of nitrogens with two attached hydrogens (primary N) is 1. The highest BCUT2D eigenvalue weighted by Crippen LogP contribution is 2.26. The van der Waals surface area contributed by atoms with Crippen molar-refractivity contribution in [1.29, 1.82) is 0 Å². The summed E-state index contributed by atoms with van der Waals surface area (Å²) < 4.78 is 0.955. The van der Waals surface area contributed by atoms with Crippen LogP contribution in [0, 0.1) is 6.92 Å². The maximum atomic E-state index is 5.50. The molecular formula is C8H7BrN4S. The average molecular weight is 271 g/mol. The van der Waals surface area contributed by atoms with E-state index < -0.39 is 0 Å². The number of nitrogens with zero attached hydrogens (tertiary/aromatic N) is 3. The fourth-order valence-corrected chi connectivity index (χ4v) is 2.21. The molecule has 0 aliphatic rings. The minimum absolute atomic E-state index is 0.462. The number of hydrogen-bond donors (Lipinski definition) is 1. The Bertz CT molecular complexity index is 468. The highest BCUT2D eigenvalue weighted by atomic mass is 79.9. The second-order valence-corrected chi connectivity index (χ2v) is 4.69. The van der Waals surface area contributed by atoms with Gasteiger partial charge in [0.2, 0.25) is 5.13 Å². The fraction of sp³-hybridized carbons (Fsp3) is 0.125. The highest BCUT2D eigenvalue weighted by molar-refractivity contribution is 9.10. The second kappa shape index (κ2) is 3.62. The lowest BCUT2D eigenvalue weighted by Gasteiger charge is -1.99. The molecule has 0 unspecified atom stereocenters. The molecule has 0 amide bonds. The summed E-state index contributed by atoms with van der Waals surface area (Å²) in [6.07, 6.45) is 1.74. The van der Waals surface area contributed by atoms with E-state index >= 15 is 0 Å². The molecule has 0 saturated heterocycles. The highest BCUT2D eigenvalue weighted by Gasteiger charge is 2.08. The molecule has 6 heteroatoms. The number of anilines is 1. The minimum Gasteiger partial charge on any atom is -0.374 e. The number of rotatable bonds is 1. The number of aromatic nitrogens is 3. The van der Waals surface area contributed by atoms with E-state index in [0.717, 1.165) is 20.7 Å². The topological polar surface area (TPSA) is 64.7 Å². The van der Waals surface area contributed by atoms with Gasteiger partial charge in [0, 0.05) is 10.7 Å². The molecule has 0 aliphatic carbocycles. The Kier molecular flexibility index (Phi) is 2.47.